The number of hydrogen-bond donors (Lipinski definition) is 2. The van der Waals surface area contributed by atoms with Gasteiger partial charge in [0, 0.05) is 17.6 Å². The smallest absolute Gasteiger partial charge is 0.141 e. The summed E-state index contributed by atoms with van der Waals surface area (Å²) in [4.78, 5) is 8.66. The molecule has 134 valence electrons. The maximum absolute atomic E-state index is 13.4. The van der Waals surface area contributed by atoms with Crippen molar-refractivity contribution in [3.05, 3.63) is 83.4 Å². The average Bonchev–Trinajstić information content (AvgIpc) is 2.71. The number of fused-ring (bicyclic) bond motifs is 1. The van der Waals surface area contributed by atoms with Crippen molar-refractivity contribution in [1.82, 2.24) is 9.97 Å². The number of aromatic nitrogens is 2. The van der Waals surface area contributed by atoms with E-state index in [9.17, 15) is 4.39 Å². The summed E-state index contributed by atoms with van der Waals surface area (Å²) in [5.74, 6) is 0.168. The first-order valence-corrected chi connectivity index (χ1v) is 8.78. The molecule has 0 aliphatic rings. The number of nitrogens with two attached hydrogens (primary N) is 1. The van der Waals surface area contributed by atoms with Crippen molar-refractivity contribution in [2.45, 2.75) is 6.54 Å². The highest BCUT2D eigenvalue weighted by Gasteiger charge is 2.08. The summed E-state index contributed by atoms with van der Waals surface area (Å²) in [6.45, 7) is 0.514. The van der Waals surface area contributed by atoms with E-state index >= 15 is 0 Å². The van der Waals surface area contributed by atoms with Crippen molar-refractivity contribution >= 4 is 34.0 Å². The van der Waals surface area contributed by atoms with Crippen LogP contribution in [0.15, 0.2) is 67.0 Å². The summed E-state index contributed by atoms with van der Waals surface area (Å²) in [5.41, 5.74) is 10.3. The lowest BCUT2D eigenvalue weighted by atomic mass is 10.0. The van der Waals surface area contributed by atoms with E-state index in [1.165, 1.54) is 18.5 Å². The van der Waals surface area contributed by atoms with Gasteiger partial charge in [-0.2, -0.15) is 0 Å². The van der Waals surface area contributed by atoms with Gasteiger partial charge in [0.25, 0.3) is 0 Å². The number of halogens is 2. The fourth-order valence-electron chi connectivity index (χ4n) is 2.88. The van der Waals surface area contributed by atoms with Crippen LogP contribution in [0, 0.1) is 5.82 Å². The highest BCUT2D eigenvalue weighted by atomic mass is 35.5. The van der Waals surface area contributed by atoms with Gasteiger partial charge in [0.15, 0.2) is 0 Å². The first-order chi connectivity index (χ1) is 13.1. The normalized spacial score (nSPS) is 10.9. The number of benzene rings is 3. The molecule has 0 amide bonds. The first-order valence-electron chi connectivity index (χ1n) is 8.40. The van der Waals surface area contributed by atoms with Crippen LogP contribution >= 0.6 is 11.6 Å². The van der Waals surface area contributed by atoms with Crippen LogP contribution in [0.25, 0.3) is 22.0 Å². The molecule has 0 spiro atoms. The molecule has 0 bridgehead atoms. The molecule has 3 aromatic carbocycles. The SMILES string of the molecule is NCc1ccc(-c2ccc3ncnc(Nc4ccc(F)c(Cl)c4)c3c2)cc1. The van der Waals surface area contributed by atoms with Crippen molar-refractivity contribution in [3.8, 4) is 11.1 Å². The largest absolute Gasteiger partial charge is 0.340 e. The molecule has 4 nitrogen and oxygen atoms in total. The minimum Gasteiger partial charge on any atom is -0.340 e. The molecule has 0 atom stereocenters. The molecule has 27 heavy (non-hydrogen) atoms. The van der Waals surface area contributed by atoms with Gasteiger partial charge in [0.05, 0.1) is 10.5 Å². The fraction of sp³-hybridized carbons (Fsp3) is 0.0476. The van der Waals surface area contributed by atoms with E-state index < -0.39 is 5.82 Å². The predicted octanol–water partition coefficient (Wildman–Crippen LogP) is 5.29. The topological polar surface area (TPSA) is 63.8 Å². The van der Waals surface area contributed by atoms with Crippen LogP contribution < -0.4 is 11.1 Å². The van der Waals surface area contributed by atoms with E-state index in [4.69, 9.17) is 17.3 Å². The zero-order valence-electron chi connectivity index (χ0n) is 14.3. The van der Waals surface area contributed by atoms with E-state index in [1.807, 2.05) is 42.5 Å². The van der Waals surface area contributed by atoms with Crippen LogP contribution in [-0.2, 0) is 6.54 Å². The summed E-state index contributed by atoms with van der Waals surface area (Å²) < 4.78 is 13.4. The van der Waals surface area contributed by atoms with Crippen LogP contribution in [0.1, 0.15) is 5.56 Å². The Morgan fingerprint density at radius 1 is 0.926 bits per heavy atom. The average molecular weight is 379 g/mol. The predicted molar refractivity (Wildman–Crippen MR) is 108 cm³/mol. The quantitative estimate of drug-likeness (QED) is 0.506. The van der Waals surface area contributed by atoms with E-state index in [-0.39, 0.29) is 5.02 Å². The van der Waals surface area contributed by atoms with Crippen LogP contribution in [0.5, 0.6) is 0 Å². The Kier molecular flexibility index (Phi) is 4.71. The van der Waals surface area contributed by atoms with Crippen LogP contribution in [0.3, 0.4) is 0 Å². The molecule has 3 N–H and O–H groups in total. The fourth-order valence-corrected chi connectivity index (χ4v) is 3.06. The number of nitrogens with zero attached hydrogens (tertiary/aromatic N) is 2. The van der Waals surface area contributed by atoms with E-state index in [1.54, 1.807) is 6.07 Å². The lowest BCUT2D eigenvalue weighted by Crippen LogP contribution is -1.97. The molecule has 0 unspecified atom stereocenters. The van der Waals surface area contributed by atoms with Gasteiger partial charge in [0.2, 0.25) is 0 Å². The molecule has 1 aromatic heterocycles. The molecule has 0 fully saturated rings. The van der Waals surface area contributed by atoms with Crippen LogP contribution in [0.2, 0.25) is 5.02 Å². The monoisotopic (exact) mass is 378 g/mol. The molecular formula is C21H16ClFN4. The summed E-state index contributed by atoms with van der Waals surface area (Å²) in [5, 5.41) is 4.11. The number of hydrogen-bond acceptors (Lipinski definition) is 4. The second kappa shape index (κ2) is 7.31. The van der Waals surface area contributed by atoms with Gasteiger partial charge in [-0.3, -0.25) is 0 Å². The molecule has 1 heterocycles. The van der Waals surface area contributed by atoms with Gasteiger partial charge in [0.1, 0.15) is 18.0 Å². The van der Waals surface area contributed by atoms with Crippen molar-refractivity contribution < 1.29 is 4.39 Å². The van der Waals surface area contributed by atoms with Crippen molar-refractivity contribution in [2.24, 2.45) is 5.73 Å². The third kappa shape index (κ3) is 3.60. The Bertz CT molecular complexity index is 1110. The molecule has 0 saturated carbocycles. The summed E-state index contributed by atoms with van der Waals surface area (Å²) in [7, 11) is 0. The summed E-state index contributed by atoms with van der Waals surface area (Å²) in [6.07, 6.45) is 1.49. The molecule has 6 heteroatoms. The van der Waals surface area contributed by atoms with E-state index in [0.717, 1.165) is 27.6 Å². The number of nitrogens with one attached hydrogen (secondary N) is 1. The maximum Gasteiger partial charge on any atom is 0.141 e. The highest BCUT2D eigenvalue weighted by Crippen LogP contribution is 2.29. The third-order valence-electron chi connectivity index (χ3n) is 4.34. The Morgan fingerprint density at radius 3 is 2.44 bits per heavy atom. The van der Waals surface area contributed by atoms with Crippen molar-refractivity contribution in [1.29, 1.82) is 0 Å². The van der Waals surface area contributed by atoms with Crippen LogP contribution in [-0.4, -0.2) is 9.97 Å². The Hall–Kier alpha value is -3.02. The lowest BCUT2D eigenvalue weighted by molar-refractivity contribution is 0.628. The van der Waals surface area contributed by atoms with Gasteiger partial charge in [-0.1, -0.05) is 41.9 Å². The second-order valence-electron chi connectivity index (χ2n) is 6.11. The Morgan fingerprint density at radius 2 is 1.70 bits per heavy atom. The molecule has 4 aromatic rings. The molecular weight excluding hydrogens is 363 g/mol. The molecule has 0 saturated heterocycles. The number of anilines is 2. The van der Waals surface area contributed by atoms with Gasteiger partial charge in [-0.25, -0.2) is 14.4 Å². The molecule has 4 rings (SSSR count). The highest BCUT2D eigenvalue weighted by molar-refractivity contribution is 6.31. The zero-order chi connectivity index (χ0) is 18.8. The lowest BCUT2D eigenvalue weighted by Gasteiger charge is -2.10. The molecule has 0 radical (unpaired) electrons. The van der Waals surface area contributed by atoms with Gasteiger partial charge < -0.3 is 11.1 Å². The second-order valence-corrected chi connectivity index (χ2v) is 6.52. The Balaban J connectivity index is 1.75. The van der Waals surface area contributed by atoms with Gasteiger partial charge >= 0.3 is 0 Å². The van der Waals surface area contributed by atoms with E-state index in [2.05, 4.69) is 15.3 Å². The molecule has 0 aliphatic carbocycles. The first kappa shape index (κ1) is 17.4. The standard InChI is InChI=1S/C21H16ClFN4/c22-18-10-16(6-7-19(18)23)27-21-17-9-15(5-8-20(17)25-12-26-21)14-3-1-13(11-24)2-4-14/h1-10,12H,11,24H2,(H,25,26,27). The van der Waals surface area contributed by atoms with Gasteiger partial charge in [-0.05, 0) is 47.0 Å². The van der Waals surface area contributed by atoms with Gasteiger partial charge in [-0.15, -0.1) is 0 Å². The maximum atomic E-state index is 13.4. The summed E-state index contributed by atoms with van der Waals surface area (Å²) >= 11 is 5.87. The van der Waals surface area contributed by atoms with Crippen molar-refractivity contribution in [2.75, 3.05) is 5.32 Å². The van der Waals surface area contributed by atoms with Crippen LogP contribution in [0.4, 0.5) is 15.9 Å². The van der Waals surface area contributed by atoms with E-state index in [0.29, 0.717) is 18.1 Å². The van der Waals surface area contributed by atoms with Crippen molar-refractivity contribution in [3.63, 3.8) is 0 Å². The zero-order valence-corrected chi connectivity index (χ0v) is 15.0. The minimum absolute atomic E-state index is 0.0547. The Labute approximate surface area is 160 Å². The summed E-state index contributed by atoms with van der Waals surface area (Å²) in [6, 6.07) is 18.6. The third-order valence-corrected chi connectivity index (χ3v) is 4.63. The minimum atomic E-state index is -0.460. The molecule has 0 aliphatic heterocycles. The number of rotatable bonds is 4.